The summed E-state index contributed by atoms with van der Waals surface area (Å²) in [6.07, 6.45) is -6.79. The fourth-order valence-electron chi connectivity index (χ4n) is 1.46. The van der Waals surface area contributed by atoms with Gasteiger partial charge in [0.05, 0.1) is 18.1 Å². The molecule has 0 aliphatic rings. The van der Waals surface area contributed by atoms with Crippen molar-refractivity contribution in [3.8, 4) is 0 Å². The number of halogens is 3. The molecule has 1 N–H and O–H groups in total. The van der Waals surface area contributed by atoms with Crippen LogP contribution in [0, 0.1) is 0 Å². The highest BCUT2D eigenvalue weighted by atomic mass is 19.4. The van der Waals surface area contributed by atoms with Gasteiger partial charge in [-0.25, -0.2) is 4.79 Å². The van der Waals surface area contributed by atoms with Crippen molar-refractivity contribution in [1.29, 1.82) is 0 Å². The zero-order chi connectivity index (χ0) is 14.5. The summed E-state index contributed by atoms with van der Waals surface area (Å²) in [4.78, 5) is 11.5. The van der Waals surface area contributed by atoms with Gasteiger partial charge in [0.25, 0.3) is 0 Å². The van der Waals surface area contributed by atoms with E-state index in [1.807, 2.05) is 6.92 Å². The second kappa shape index (κ2) is 6.56. The van der Waals surface area contributed by atoms with Gasteiger partial charge in [-0.05, 0) is 24.1 Å². The van der Waals surface area contributed by atoms with Gasteiger partial charge in [-0.15, -0.1) is 0 Å². The molecule has 1 aromatic rings. The van der Waals surface area contributed by atoms with E-state index >= 15 is 0 Å². The summed E-state index contributed by atoms with van der Waals surface area (Å²) in [5.74, 6) is -0.746. The summed E-state index contributed by atoms with van der Waals surface area (Å²) < 4.78 is 40.4. The minimum absolute atomic E-state index is 0.247. The lowest BCUT2D eigenvalue weighted by molar-refractivity contribution is -0.157. The monoisotopic (exact) mass is 276 g/mol. The molecule has 0 aliphatic carbocycles. The van der Waals surface area contributed by atoms with Crippen molar-refractivity contribution in [3.63, 3.8) is 0 Å². The summed E-state index contributed by atoms with van der Waals surface area (Å²) in [6, 6.07) is 6.56. The smallest absolute Gasteiger partial charge is 0.391 e. The highest BCUT2D eigenvalue weighted by molar-refractivity contribution is 5.89. The van der Waals surface area contributed by atoms with E-state index in [2.05, 4.69) is 4.74 Å². The fraction of sp³-hybridized carbons (Fsp3) is 0.462. The van der Waals surface area contributed by atoms with Gasteiger partial charge in [-0.2, -0.15) is 13.2 Å². The number of benzene rings is 1. The van der Waals surface area contributed by atoms with Crippen LogP contribution in [0.2, 0.25) is 0 Å². The van der Waals surface area contributed by atoms with Crippen LogP contribution in [0.15, 0.2) is 24.3 Å². The first kappa shape index (κ1) is 15.5. The van der Waals surface area contributed by atoms with Crippen molar-refractivity contribution in [2.75, 3.05) is 6.61 Å². The molecule has 6 heteroatoms. The average molecular weight is 276 g/mol. The summed E-state index contributed by atoms with van der Waals surface area (Å²) >= 11 is 0. The van der Waals surface area contributed by atoms with Crippen LogP contribution < -0.4 is 0 Å². The Morgan fingerprint density at radius 2 is 1.89 bits per heavy atom. The maximum absolute atomic E-state index is 11.9. The van der Waals surface area contributed by atoms with Crippen LogP contribution >= 0.6 is 0 Å². The van der Waals surface area contributed by atoms with E-state index in [-0.39, 0.29) is 5.56 Å². The van der Waals surface area contributed by atoms with Crippen molar-refractivity contribution < 1.29 is 27.8 Å². The van der Waals surface area contributed by atoms with Gasteiger partial charge in [0.1, 0.15) is 6.61 Å². The molecule has 1 aromatic carbocycles. The molecule has 0 aromatic heterocycles. The predicted octanol–water partition coefficient (Wildman–Crippen LogP) is 2.72. The number of carbonyl (C=O) groups is 1. The number of aliphatic hydroxyl groups excluding tert-OH is 1. The van der Waals surface area contributed by atoms with Crippen LogP contribution in [0.4, 0.5) is 13.2 Å². The third-order valence-corrected chi connectivity index (χ3v) is 2.47. The number of carbonyl (C=O) groups excluding carboxylic acids is 1. The number of aryl methyl sites for hydroxylation is 1. The summed E-state index contributed by atoms with van der Waals surface area (Å²) in [5.41, 5.74) is 1.28. The molecule has 106 valence electrons. The molecule has 0 unspecified atom stereocenters. The SMILES string of the molecule is CCc1ccc(C(=O)OC[C@H](O)CC(F)(F)F)cc1. The Balaban J connectivity index is 2.46. The molecule has 0 radical (unpaired) electrons. The van der Waals surface area contributed by atoms with Gasteiger partial charge < -0.3 is 9.84 Å². The lowest BCUT2D eigenvalue weighted by Gasteiger charge is -2.13. The molecule has 0 fully saturated rings. The molecular formula is C13H15F3O3. The number of aliphatic hydroxyl groups is 1. The van der Waals surface area contributed by atoms with Crippen LogP contribution in [0.1, 0.15) is 29.3 Å². The lowest BCUT2D eigenvalue weighted by atomic mass is 10.1. The molecule has 0 saturated carbocycles. The molecule has 0 spiro atoms. The van der Waals surface area contributed by atoms with Gasteiger partial charge in [-0.3, -0.25) is 0 Å². The number of hydrogen-bond acceptors (Lipinski definition) is 3. The molecule has 19 heavy (non-hydrogen) atoms. The Morgan fingerprint density at radius 1 is 1.32 bits per heavy atom. The van der Waals surface area contributed by atoms with Crippen LogP contribution in [-0.4, -0.2) is 30.0 Å². The Hall–Kier alpha value is -1.56. The van der Waals surface area contributed by atoms with Gasteiger partial charge in [0.2, 0.25) is 0 Å². The number of rotatable bonds is 5. The molecule has 0 bridgehead atoms. The van der Waals surface area contributed by atoms with E-state index in [9.17, 15) is 18.0 Å². The first-order valence-electron chi connectivity index (χ1n) is 5.82. The van der Waals surface area contributed by atoms with E-state index in [0.29, 0.717) is 0 Å². The van der Waals surface area contributed by atoms with E-state index in [1.165, 1.54) is 12.1 Å². The predicted molar refractivity (Wildman–Crippen MR) is 62.8 cm³/mol. The van der Waals surface area contributed by atoms with Crippen molar-refractivity contribution in [1.82, 2.24) is 0 Å². The Morgan fingerprint density at radius 3 is 2.37 bits per heavy atom. The highest BCUT2D eigenvalue weighted by Crippen LogP contribution is 2.21. The lowest BCUT2D eigenvalue weighted by Crippen LogP contribution is -2.25. The van der Waals surface area contributed by atoms with E-state index in [0.717, 1.165) is 12.0 Å². The van der Waals surface area contributed by atoms with E-state index < -0.39 is 31.3 Å². The fourth-order valence-corrected chi connectivity index (χ4v) is 1.46. The molecule has 0 heterocycles. The summed E-state index contributed by atoms with van der Waals surface area (Å²) in [7, 11) is 0. The molecular weight excluding hydrogens is 261 g/mol. The van der Waals surface area contributed by atoms with Crippen molar-refractivity contribution in [2.45, 2.75) is 32.0 Å². The molecule has 0 aliphatic heterocycles. The number of hydrogen-bond donors (Lipinski definition) is 1. The first-order valence-corrected chi connectivity index (χ1v) is 5.82. The largest absolute Gasteiger partial charge is 0.459 e. The van der Waals surface area contributed by atoms with Gasteiger partial charge >= 0.3 is 12.1 Å². The third-order valence-electron chi connectivity index (χ3n) is 2.47. The first-order chi connectivity index (χ1) is 8.81. The standard InChI is InChI=1S/C13H15F3O3/c1-2-9-3-5-10(6-4-9)12(18)19-8-11(17)7-13(14,15)16/h3-6,11,17H,2,7-8H2,1H3/t11-/m1/s1. The van der Waals surface area contributed by atoms with Crippen LogP contribution in [0.5, 0.6) is 0 Å². The molecule has 0 amide bonds. The van der Waals surface area contributed by atoms with Gasteiger partial charge in [0, 0.05) is 0 Å². The maximum atomic E-state index is 11.9. The summed E-state index contributed by atoms with van der Waals surface area (Å²) in [5, 5.41) is 9.07. The van der Waals surface area contributed by atoms with Crippen LogP contribution in [-0.2, 0) is 11.2 Å². The molecule has 1 atom stereocenters. The summed E-state index contributed by atoms with van der Waals surface area (Å²) in [6.45, 7) is 1.29. The molecule has 1 rings (SSSR count). The minimum atomic E-state index is -4.48. The topological polar surface area (TPSA) is 46.5 Å². The Kier molecular flexibility index (Phi) is 5.35. The quantitative estimate of drug-likeness (QED) is 0.841. The Labute approximate surface area is 109 Å². The molecule has 3 nitrogen and oxygen atoms in total. The van der Waals surface area contributed by atoms with Gasteiger partial charge in [0.15, 0.2) is 0 Å². The highest BCUT2D eigenvalue weighted by Gasteiger charge is 2.31. The third kappa shape index (κ3) is 5.74. The van der Waals surface area contributed by atoms with Crippen molar-refractivity contribution >= 4 is 5.97 Å². The van der Waals surface area contributed by atoms with Crippen molar-refractivity contribution in [2.24, 2.45) is 0 Å². The Bertz CT molecular complexity index is 412. The number of ether oxygens (including phenoxy) is 1. The minimum Gasteiger partial charge on any atom is -0.459 e. The molecule has 0 saturated heterocycles. The second-order valence-corrected chi connectivity index (χ2v) is 4.12. The zero-order valence-electron chi connectivity index (χ0n) is 10.4. The van der Waals surface area contributed by atoms with Crippen LogP contribution in [0.25, 0.3) is 0 Å². The maximum Gasteiger partial charge on any atom is 0.391 e. The average Bonchev–Trinajstić information content (AvgIpc) is 2.34. The van der Waals surface area contributed by atoms with E-state index in [1.54, 1.807) is 12.1 Å². The number of esters is 1. The second-order valence-electron chi connectivity index (χ2n) is 4.12. The van der Waals surface area contributed by atoms with Crippen LogP contribution in [0.3, 0.4) is 0 Å². The number of alkyl halides is 3. The van der Waals surface area contributed by atoms with E-state index in [4.69, 9.17) is 5.11 Å². The normalized spacial score (nSPS) is 13.1. The zero-order valence-corrected chi connectivity index (χ0v) is 10.4. The van der Waals surface area contributed by atoms with Gasteiger partial charge in [-0.1, -0.05) is 19.1 Å². The van der Waals surface area contributed by atoms with Crippen molar-refractivity contribution in [3.05, 3.63) is 35.4 Å².